The van der Waals surface area contributed by atoms with Crippen LogP contribution in [0.1, 0.15) is 37.2 Å². The summed E-state index contributed by atoms with van der Waals surface area (Å²) in [5.74, 6) is -0.772. The first-order valence-electron chi connectivity index (χ1n) is 6.67. The van der Waals surface area contributed by atoms with Crippen LogP contribution in [0.25, 0.3) is 5.65 Å². The van der Waals surface area contributed by atoms with Gasteiger partial charge in [-0.2, -0.15) is 0 Å². The van der Waals surface area contributed by atoms with Crippen LogP contribution in [0, 0.1) is 0 Å². The van der Waals surface area contributed by atoms with Crippen molar-refractivity contribution < 1.29 is 15.0 Å². The monoisotopic (exact) mass is 277 g/mol. The lowest BCUT2D eigenvalue weighted by Crippen LogP contribution is -2.35. The number of rotatable bonds is 6. The number of carboxylic acid groups (broad SMARTS) is 1. The second-order valence-corrected chi connectivity index (χ2v) is 4.83. The normalized spacial score (nSPS) is 11.8. The van der Waals surface area contributed by atoms with Crippen molar-refractivity contribution in [1.82, 2.24) is 9.38 Å². The van der Waals surface area contributed by atoms with Crippen molar-refractivity contribution in [3.05, 3.63) is 30.1 Å². The molecule has 0 aliphatic carbocycles. The molecular weight excluding hydrogens is 258 g/mol. The van der Waals surface area contributed by atoms with Crippen LogP contribution in [0.2, 0.25) is 0 Å². The fraction of sp³-hybridized carbons (Fsp3) is 0.429. The maximum Gasteiger partial charge on any atom is 0.356 e. The fourth-order valence-corrected chi connectivity index (χ4v) is 2.07. The van der Waals surface area contributed by atoms with Crippen LogP contribution < -0.4 is 5.32 Å². The highest BCUT2D eigenvalue weighted by Crippen LogP contribution is 2.20. The number of carboxylic acids is 1. The summed E-state index contributed by atoms with van der Waals surface area (Å²) in [5.41, 5.74) is -0.218. The molecule has 0 aliphatic heterocycles. The molecule has 2 aromatic heterocycles. The Hall–Kier alpha value is -2.08. The summed E-state index contributed by atoms with van der Waals surface area (Å²) < 4.78 is 1.52. The van der Waals surface area contributed by atoms with Gasteiger partial charge in [0.05, 0.1) is 5.60 Å². The molecule has 0 unspecified atom stereocenters. The molecule has 2 aromatic rings. The molecule has 0 atom stereocenters. The summed E-state index contributed by atoms with van der Waals surface area (Å²) in [6.07, 6.45) is 2.83. The van der Waals surface area contributed by atoms with Gasteiger partial charge in [-0.05, 0) is 25.0 Å². The van der Waals surface area contributed by atoms with Gasteiger partial charge in [0.2, 0.25) is 0 Å². The quantitative estimate of drug-likeness (QED) is 0.751. The average molecular weight is 277 g/mol. The van der Waals surface area contributed by atoms with Gasteiger partial charge in [0, 0.05) is 12.7 Å². The molecule has 2 heterocycles. The number of aromatic nitrogens is 2. The van der Waals surface area contributed by atoms with Gasteiger partial charge >= 0.3 is 5.97 Å². The Morgan fingerprint density at radius 3 is 2.70 bits per heavy atom. The Labute approximate surface area is 117 Å². The van der Waals surface area contributed by atoms with Crippen LogP contribution in [0.4, 0.5) is 5.82 Å². The van der Waals surface area contributed by atoms with E-state index in [1.54, 1.807) is 24.4 Å². The maximum absolute atomic E-state index is 11.4. The molecule has 0 saturated heterocycles. The molecule has 3 N–H and O–H groups in total. The van der Waals surface area contributed by atoms with E-state index in [0.717, 1.165) is 0 Å². The van der Waals surface area contributed by atoms with Crippen molar-refractivity contribution in [1.29, 1.82) is 0 Å². The van der Waals surface area contributed by atoms with Gasteiger partial charge in [-0.3, -0.25) is 4.40 Å². The first-order chi connectivity index (χ1) is 9.50. The van der Waals surface area contributed by atoms with E-state index in [1.807, 2.05) is 13.8 Å². The Morgan fingerprint density at radius 1 is 1.40 bits per heavy atom. The number of carbonyl (C=O) groups is 1. The Bertz CT molecular complexity index is 617. The first kappa shape index (κ1) is 14.3. The van der Waals surface area contributed by atoms with E-state index in [1.165, 1.54) is 4.40 Å². The number of nitrogens with zero attached hydrogens (tertiary/aromatic N) is 2. The number of hydrogen-bond donors (Lipinski definition) is 3. The van der Waals surface area contributed by atoms with Crippen LogP contribution in [-0.4, -0.2) is 37.7 Å². The van der Waals surface area contributed by atoms with E-state index in [4.69, 9.17) is 0 Å². The van der Waals surface area contributed by atoms with Crippen molar-refractivity contribution in [2.75, 3.05) is 11.9 Å². The molecule has 0 radical (unpaired) electrons. The zero-order valence-corrected chi connectivity index (χ0v) is 11.6. The predicted octanol–water partition coefficient (Wildman–Crippen LogP) is 2.00. The number of anilines is 1. The second kappa shape index (κ2) is 5.50. The molecule has 0 amide bonds. The molecule has 2 rings (SSSR count). The van der Waals surface area contributed by atoms with E-state index in [2.05, 4.69) is 10.3 Å². The number of imidazole rings is 1. The number of nitrogens with one attached hydrogen (secondary N) is 1. The molecule has 0 aliphatic rings. The molecule has 0 bridgehead atoms. The second-order valence-electron chi connectivity index (χ2n) is 4.83. The SMILES string of the molecule is CCC(O)(CC)CNc1nc2ccccn2c1C(=O)O. The van der Waals surface area contributed by atoms with E-state index in [-0.39, 0.29) is 18.1 Å². The molecule has 0 spiro atoms. The standard InChI is InChI=1S/C14H19N3O3/c1-3-14(20,4-2)9-15-12-11(13(18)19)17-8-6-5-7-10(17)16-12/h5-8,15,20H,3-4,9H2,1-2H3,(H,18,19). The Morgan fingerprint density at radius 2 is 2.10 bits per heavy atom. The summed E-state index contributed by atoms with van der Waals surface area (Å²) in [7, 11) is 0. The minimum absolute atomic E-state index is 0.0788. The summed E-state index contributed by atoms with van der Waals surface area (Å²) >= 11 is 0. The van der Waals surface area contributed by atoms with Crippen LogP contribution in [0.3, 0.4) is 0 Å². The largest absolute Gasteiger partial charge is 0.476 e. The number of aliphatic hydroxyl groups is 1. The molecular formula is C14H19N3O3. The summed E-state index contributed by atoms with van der Waals surface area (Å²) in [5, 5.41) is 22.5. The van der Waals surface area contributed by atoms with Gasteiger partial charge in [0.25, 0.3) is 0 Å². The number of fused-ring (bicyclic) bond motifs is 1. The number of aromatic carboxylic acids is 1. The van der Waals surface area contributed by atoms with E-state index < -0.39 is 11.6 Å². The molecule has 6 nitrogen and oxygen atoms in total. The van der Waals surface area contributed by atoms with Crippen molar-refractivity contribution in [3.8, 4) is 0 Å². The highest BCUT2D eigenvalue weighted by Gasteiger charge is 2.24. The third-order valence-electron chi connectivity index (χ3n) is 3.63. The van der Waals surface area contributed by atoms with Crippen LogP contribution in [0.5, 0.6) is 0 Å². The molecule has 20 heavy (non-hydrogen) atoms. The molecule has 0 saturated carbocycles. The maximum atomic E-state index is 11.4. The lowest BCUT2D eigenvalue weighted by atomic mass is 9.98. The number of pyridine rings is 1. The molecule has 0 aromatic carbocycles. The Balaban J connectivity index is 2.34. The van der Waals surface area contributed by atoms with Crippen LogP contribution >= 0.6 is 0 Å². The van der Waals surface area contributed by atoms with Crippen molar-refractivity contribution in [2.45, 2.75) is 32.3 Å². The zero-order valence-electron chi connectivity index (χ0n) is 11.6. The summed E-state index contributed by atoms with van der Waals surface area (Å²) in [4.78, 5) is 15.7. The average Bonchev–Trinajstić information content (AvgIpc) is 2.83. The van der Waals surface area contributed by atoms with Gasteiger partial charge in [-0.1, -0.05) is 19.9 Å². The molecule has 108 valence electrons. The van der Waals surface area contributed by atoms with Gasteiger partial charge in [-0.15, -0.1) is 0 Å². The van der Waals surface area contributed by atoms with Gasteiger partial charge in [0.1, 0.15) is 5.65 Å². The first-order valence-corrected chi connectivity index (χ1v) is 6.67. The predicted molar refractivity (Wildman–Crippen MR) is 76.2 cm³/mol. The highest BCUT2D eigenvalue weighted by atomic mass is 16.4. The van der Waals surface area contributed by atoms with Crippen molar-refractivity contribution in [2.24, 2.45) is 0 Å². The minimum atomic E-state index is -1.05. The van der Waals surface area contributed by atoms with Crippen LogP contribution in [-0.2, 0) is 0 Å². The molecule has 6 heteroatoms. The third kappa shape index (κ3) is 2.60. The smallest absolute Gasteiger partial charge is 0.356 e. The molecule has 0 fully saturated rings. The van der Waals surface area contributed by atoms with Crippen LogP contribution in [0.15, 0.2) is 24.4 Å². The number of hydrogen-bond acceptors (Lipinski definition) is 4. The Kier molecular flexibility index (Phi) is 3.94. The lowest BCUT2D eigenvalue weighted by molar-refractivity contribution is 0.0455. The van der Waals surface area contributed by atoms with Gasteiger partial charge in [-0.25, -0.2) is 9.78 Å². The van der Waals surface area contributed by atoms with E-state index >= 15 is 0 Å². The summed E-state index contributed by atoms with van der Waals surface area (Å²) in [6, 6.07) is 5.29. The highest BCUT2D eigenvalue weighted by molar-refractivity contribution is 5.92. The lowest BCUT2D eigenvalue weighted by Gasteiger charge is -2.25. The zero-order chi connectivity index (χ0) is 14.8. The van der Waals surface area contributed by atoms with E-state index in [0.29, 0.717) is 18.5 Å². The van der Waals surface area contributed by atoms with Crippen molar-refractivity contribution >= 4 is 17.4 Å². The van der Waals surface area contributed by atoms with E-state index in [9.17, 15) is 15.0 Å². The van der Waals surface area contributed by atoms with Gasteiger partial charge in [0.15, 0.2) is 11.5 Å². The fourth-order valence-electron chi connectivity index (χ4n) is 2.07. The summed E-state index contributed by atoms with van der Waals surface area (Å²) in [6.45, 7) is 4.06. The van der Waals surface area contributed by atoms with Gasteiger partial charge < -0.3 is 15.5 Å². The minimum Gasteiger partial charge on any atom is -0.476 e. The topological polar surface area (TPSA) is 86.9 Å². The third-order valence-corrected chi connectivity index (χ3v) is 3.63. The van der Waals surface area contributed by atoms with Crippen molar-refractivity contribution in [3.63, 3.8) is 0 Å².